The normalized spacial score (nSPS) is 21.5. The minimum atomic E-state index is -1.08. The molecule has 6 nitrogen and oxygen atoms in total. The SMILES string of the molecule is CC(C)(C)OC(=O)N1COC[C@H]1C(=O)O. The van der Waals surface area contributed by atoms with Crippen LogP contribution in [0.3, 0.4) is 0 Å². The summed E-state index contributed by atoms with van der Waals surface area (Å²) in [4.78, 5) is 23.4. The molecular formula is C9H15NO5. The van der Waals surface area contributed by atoms with Gasteiger partial charge in [0.2, 0.25) is 0 Å². The Morgan fingerprint density at radius 3 is 2.53 bits per heavy atom. The molecule has 0 spiro atoms. The van der Waals surface area contributed by atoms with Crippen LogP contribution in [0.5, 0.6) is 0 Å². The number of rotatable bonds is 1. The highest BCUT2D eigenvalue weighted by Gasteiger charge is 2.37. The third-order valence-electron chi connectivity index (χ3n) is 1.80. The van der Waals surface area contributed by atoms with Gasteiger partial charge in [-0.15, -0.1) is 0 Å². The van der Waals surface area contributed by atoms with E-state index in [0.717, 1.165) is 4.90 Å². The van der Waals surface area contributed by atoms with Crippen molar-refractivity contribution in [2.24, 2.45) is 0 Å². The molecule has 0 unspecified atom stereocenters. The zero-order valence-electron chi connectivity index (χ0n) is 9.02. The van der Waals surface area contributed by atoms with Gasteiger partial charge < -0.3 is 14.6 Å². The molecular weight excluding hydrogens is 202 g/mol. The van der Waals surface area contributed by atoms with E-state index in [9.17, 15) is 9.59 Å². The van der Waals surface area contributed by atoms with E-state index in [1.807, 2.05) is 0 Å². The Balaban J connectivity index is 2.63. The Hall–Kier alpha value is -1.30. The fourth-order valence-electron chi connectivity index (χ4n) is 1.15. The molecule has 0 aliphatic carbocycles. The lowest BCUT2D eigenvalue weighted by Gasteiger charge is -2.25. The Bertz CT molecular complexity index is 270. The van der Waals surface area contributed by atoms with Crippen LogP contribution in [0.4, 0.5) is 4.79 Å². The number of hydrogen-bond donors (Lipinski definition) is 1. The van der Waals surface area contributed by atoms with Crippen molar-refractivity contribution in [3.8, 4) is 0 Å². The maximum Gasteiger partial charge on any atom is 0.412 e. The standard InChI is InChI=1S/C9H15NO5/c1-9(2,3)15-8(13)10-5-14-4-6(10)7(11)12/h6H,4-5H2,1-3H3,(H,11,12)/t6-/m0/s1. The van der Waals surface area contributed by atoms with Gasteiger partial charge in [-0.3, -0.25) is 4.90 Å². The molecule has 1 atom stereocenters. The van der Waals surface area contributed by atoms with Crippen molar-refractivity contribution in [3.63, 3.8) is 0 Å². The van der Waals surface area contributed by atoms with Crippen LogP contribution in [-0.2, 0) is 14.3 Å². The van der Waals surface area contributed by atoms with E-state index in [1.165, 1.54) is 0 Å². The number of carboxylic acids is 1. The van der Waals surface area contributed by atoms with Gasteiger partial charge in [-0.2, -0.15) is 0 Å². The van der Waals surface area contributed by atoms with Crippen LogP contribution in [0.2, 0.25) is 0 Å². The quantitative estimate of drug-likeness (QED) is 0.698. The summed E-state index contributed by atoms with van der Waals surface area (Å²) in [5, 5.41) is 8.80. The second kappa shape index (κ2) is 4.06. The molecule has 1 fully saturated rings. The molecule has 1 amide bonds. The maximum atomic E-state index is 11.5. The molecule has 1 aliphatic rings. The van der Waals surface area contributed by atoms with Gasteiger partial charge in [0.1, 0.15) is 12.3 Å². The maximum absolute atomic E-state index is 11.5. The van der Waals surface area contributed by atoms with Crippen molar-refractivity contribution in [2.75, 3.05) is 13.3 Å². The minimum Gasteiger partial charge on any atom is -0.480 e. The van der Waals surface area contributed by atoms with E-state index >= 15 is 0 Å². The van der Waals surface area contributed by atoms with Gasteiger partial charge in [0.25, 0.3) is 0 Å². The first kappa shape index (κ1) is 11.8. The van der Waals surface area contributed by atoms with Crippen LogP contribution in [0.25, 0.3) is 0 Å². The van der Waals surface area contributed by atoms with Gasteiger partial charge in [-0.05, 0) is 20.8 Å². The second-order valence-electron chi connectivity index (χ2n) is 4.30. The summed E-state index contributed by atoms with van der Waals surface area (Å²) in [5.74, 6) is -1.08. The largest absolute Gasteiger partial charge is 0.480 e. The number of hydrogen-bond acceptors (Lipinski definition) is 4. The molecule has 15 heavy (non-hydrogen) atoms. The summed E-state index contributed by atoms with van der Waals surface area (Å²) in [7, 11) is 0. The molecule has 1 aliphatic heterocycles. The van der Waals surface area contributed by atoms with E-state index in [2.05, 4.69) is 0 Å². The van der Waals surface area contributed by atoms with E-state index in [1.54, 1.807) is 20.8 Å². The van der Waals surface area contributed by atoms with Crippen LogP contribution < -0.4 is 0 Å². The molecule has 0 saturated carbocycles. The molecule has 1 saturated heterocycles. The van der Waals surface area contributed by atoms with Crippen LogP contribution in [0, 0.1) is 0 Å². The molecule has 1 heterocycles. The van der Waals surface area contributed by atoms with Gasteiger partial charge in [0, 0.05) is 0 Å². The molecule has 86 valence electrons. The average Bonchev–Trinajstić information content (AvgIpc) is 2.47. The van der Waals surface area contributed by atoms with Crippen LogP contribution in [-0.4, -0.2) is 47.0 Å². The summed E-state index contributed by atoms with van der Waals surface area (Å²) >= 11 is 0. The Morgan fingerprint density at radius 1 is 1.47 bits per heavy atom. The van der Waals surface area contributed by atoms with Gasteiger partial charge >= 0.3 is 12.1 Å². The van der Waals surface area contributed by atoms with E-state index in [0.29, 0.717) is 0 Å². The van der Waals surface area contributed by atoms with Crippen LogP contribution >= 0.6 is 0 Å². The second-order valence-corrected chi connectivity index (χ2v) is 4.30. The third-order valence-corrected chi connectivity index (χ3v) is 1.80. The first-order chi connectivity index (χ1) is 6.81. The molecule has 1 rings (SSSR count). The number of amides is 1. The number of carbonyl (C=O) groups is 2. The summed E-state index contributed by atoms with van der Waals surface area (Å²) < 4.78 is 9.96. The highest BCUT2D eigenvalue weighted by Crippen LogP contribution is 2.15. The molecule has 0 bridgehead atoms. The first-order valence-electron chi connectivity index (χ1n) is 4.61. The number of nitrogens with zero attached hydrogens (tertiary/aromatic N) is 1. The molecule has 0 aromatic carbocycles. The van der Waals surface area contributed by atoms with Gasteiger partial charge in [-0.25, -0.2) is 9.59 Å². The first-order valence-corrected chi connectivity index (χ1v) is 4.61. The number of ether oxygens (including phenoxy) is 2. The average molecular weight is 217 g/mol. The topological polar surface area (TPSA) is 76.1 Å². The van der Waals surface area contributed by atoms with E-state index in [4.69, 9.17) is 14.6 Å². The number of aliphatic carboxylic acids is 1. The fourth-order valence-corrected chi connectivity index (χ4v) is 1.15. The lowest BCUT2D eigenvalue weighted by molar-refractivity contribution is -0.141. The highest BCUT2D eigenvalue weighted by atomic mass is 16.6. The number of carbonyl (C=O) groups excluding carboxylic acids is 1. The Morgan fingerprint density at radius 2 is 2.07 bits per heavy atom. The summed E-state index contributed by atoms with van der Waals surface area (Å²) in [6, 6.07) is -0.945. The van der Waals surface area contributed by atoms with Crippen molar-refractivity contribution in [1.29, 1.82) is 0 Å². The van der Waals surface area contributed by atoms with Crippen LogP contribution in [0.15, 0.2) is 0 Å². The number of carboxylic acid groups (broad SMARTS) is 1. The lowest BCUT2D eigenvalue weighted by atomic mass is 10.2. The monoisotopic (exact) mass is 217 g/mol. The van der Waals surface area contributed by atoms with Crippen LogP contribution in [0.1, 0.15) is 20.8 Å². The Kier molecular flexibility index (Phi) is 3.18. The van der Waals surface area contributed by atoms with E-state index in [-0.39, 0.29) is 13.3 Å². The van der Waals surface area contributed by atoms with Gasteiger partial charge in [0.05, 0.1) is 6.61 Å². The molecule has 0 aromatic rings. The van der Waals surface area contributed by atoms with Crippen molar-refractivity contribution < 1.29 is 24.2 Å². The smallest absolute Gasteiger partial charge is 0.412 e. The highest BCUT2D eigenvalue weighted by molar-refractivity contribution is 5.80. The molecule has 0 radical (unpaired) electrons. The molecule has 1 N–H and O–H groups in total. The fraction of sp³-hybridized carbons (Fsp3) is 0.778. The summed E-state index contributed by atoms with van der Waals surface area (Å²) in [6.45, 7) is 5.13. The Labute approximate surface area is 87.8 Å². The van der Waals surface area contributed by atoms with Crippen molar-refractivity contribution >= 4 is 12.1 Å². The molecule has 0 aromatic heterocycles. The predicted molar refractivity (Wildman–Crippen MR) is 50.3 cm³/mol. The van der Waals surface area contributed by atoms with Crippen molar-refractivity contribution in [3.05, 3.63) is 0 Å². The zero-order valence-corrected chi connectivity index (χ0v) is 9.02. The predicted octanol–water partition coefficient (Wildman–Crippen LogP) is 0.664. The van der Waals surface area contributed by atoms with Crippen molar-refractivity contribution in [1.82, 2.24) is 4.90 Å². The molecule has 6 heteroatoms. The lowest BCUT2D eigenvalue weighted by Crippen LogP contribution is -2.44. The van der Waals surface area contributed by atoms with Gasteiger partial charge in [0.15, 0.2) is 6.04 Å². The van der Waals surface area contributed by atoms with E-state index < -0.39 is 23.7 Å². The zero-order chi connectivity index (χ0) is 11.6. The summed E-state index contributed by atoms with van der Waals surface area (Å²) in [5.41, 5.74) is -0.636. The third kappa shape index (κ3) is 3.09. The summed E-state index contributed by atoms with van der Waals surface area (Å²) in [6.07, 6.45) is -0.660. The van der Waals surface area contributed by atoms with Crippen molar-refractivity contribution in [2.45, 2.75) is 32.4 Å². The van der Waals surface area contributed by atoms with Gasteiger partial charge in [-0.1, -0.05) is 0 Å². The minimum absolute atomic E-state index is 0.00851.